The molecular weight excluding hydrogens is 287 g/mol. The zero-order valence-electron chi connectivity index (χ0n) is 10.5. The highest BCUT2D eigenvalue weighted by Crippen LogP contribution is 2.23. The standard InChI is InChI=1S/C13H14Cl2N2O2/c1-8(17-5-4-16-12(18)7-17)13(19)10-3-2-9(14)6-11(10)15/h2-3,6,8H,4-5,7H2,1H3,(H,16,18). The number of Topliss-reactive ketones (excluding diaryl/α,β-unsaturated/α-hetero) is 1. The lowest BCUT2D eigenvalue weighted by atomic mass is 10.0. The van der Waals surface area contributed by atoms with E-state index in [1.54, 1.807) is 25.1 Å². The number of benzene rings is 1. The summed E-state index contributed by atoms with van der Waals surface area (Å²) < 4.78 is 0. The predicted octanol–water partition coefficient (Wildman–Crippen LogP) is 2.00. The molecule has 1 heterocycles. The van der Waals surface area contributed by atoms with Crippen LogP contribution in [0.3, 0.4) is 0 Å². The molecule has 0 saturated carbocycles. The first-order chi connectivity index (χ1) is 8.99. The summed E-state index contributed by atoms with van der Waals surface area (Å²) in [6.45, 7) is 3.23. The van der Waals surface area contributed by atoms with Crippen LogP contribution in [0, 0.1) is 0 Å². The average Bonchev–Trinajstić information content (AvgIpc) is 2.37. The van der Waals surface area contributed by atoms with Crippen LogP contribution in [-0.4, -0.2) is 42.3 Å². The van der Waals surface area contributed by atoms with Gasteiger partial charge in [-0.05, 0) is 25.1 Å². The van der Waals surface area contributed by atoms with Crippen LogP contribution >= 0.6 is 23.2 Å². The summed E-state index contributed by atoms with van der Waals surface area (Å²) in [6.07, 6.45) is 0. The van der Waals surface area contributed by atoms with Gasteiger partial charge in [-0.2, -0.15) is 0 Å². The van der Waals surface area contributed by atoms with Crippen molar-refractivity contribution in [2.75, 3.05) is 19.6 Å². The van der Waals surface area contributed by atoms with E-state index in [1.165, 1.54) is 0 Å². The lowest BCUT2D eigenvalue weighted by molar-refractivity contribution is -0.124. The lowest BCUT2D eigenvalue weighted by Gasteiger charge is -2.31. The Balaban J connectivity index is 2.16. The van der Waals surface area contributed by atoms with Crippen molar-refractivity contribution in [3.8, 4) is 0 Å². The van der Waals surface area contributed by atoms with Crippen molar-refractivity contribution in [2.45, 2.75) is 13.0 Å². The summed E-state index contributed by atoms with van der Waals surface area (Å²) in [5.41, 5.74) is 0.435. The Labute approximate surface area is 121 Å². The highest BCUT2D eigenvalue weighted by atomic mass is 35.5. The van der Waals surface area contributed by atoms with Gasteiger partial charge in [0.25, 0.3) is 0 Å². The molecule has 0 radical (unpaired) electrons. The molecule has 102 valence electrons. The lowest BCUT2D eigenvalue weighted by Crippen LogP contribution is -2.52. The minimum atomic E-state index is -0.385. The van der Waals surface area contributed by atoms with Gasteiger partial charge in [-0.3, -0.25) is 14.5 Å². The smallest absolute Gasteiger partial charge is 0.234 e. The average molecular weight is 301 g/mol. The molecule has 1 aromatic rings. The monoisotopic (exact) mass is 300 g/mol. The van der Waals surface area contributed by atoms with Crippen LogP contribution in [0.2, 0.25) is 10.0 Å². The first-order valence-electron chi connectivity index (χ1n) is 5.99. The van der Waals surface area contributed by atoms with Crippen LogP contribution in [0.5, 0.6) is 0 Å². The fourth-order valence-corrected chi connectivity index (χ4v) is 2.57. The molecule has 1 unspecified atom stereocenters. The van der Waals surface area contributed by atoms with E-state index < -0.39 is 0 Å². The maximum atomic E-state index is 12.4. The van der Waals surface area contributed by atoms with E-state index in [1.807, 2.05) is 4.90 Å². The minimum absolute atomic E-state index is 0.0619. The third-order valence-corrected chi connectivity index (χ3v) is 3.74. The van der Waals surface area contributed by atoms with Crippen molar-refractivity contribution in [3.63, 3.8) is 0 Å². The third kappa shape index (κ3) is 3.26. The van der Waals surface area contributed by atoms with Crippen molar-refractivity contribution in [2.24, 2.45) is 0 Å². The molecule has 2 rings (SSSR count). The van der Waals surface area contributed by atoms with E-state index in [2.05, 4.69) is 5.32 Å². The van der Waals surface area contributed by atoms with Gasteiger partial charge in [0.2, 0.25) is 5.91 Å². The van der Waals surface area contributed by atoms with Gasteiger partial charge in [-0.15, -0.1) is 0 Å². The van der Waals surface area contributed by atoms with E-state index in [-0.39, 0.29) is 24.3 Å². The van der Waals surface area contributed by atoms with Gasteiger partial charge >= 0.3 is 0 Å². The second-order valence-corrected chi connectivity index (χ2v) is 5.33. The van der Waals surface area contributed by atoms with E-state index in [0.717, 1.165) is 0 Å². The Morgan fingerprint density at radius 2 is 2.16 bits per heavy atom. The van der Waals surface area contributed by atoms with Crippen LogP contribution in [0.1, 0.15) is 17.3 Å². The van der Waals surface area contributed by atoms with Gasteiger partial charge in [0, 0.05) is 23.7 Å². The maximum absolute atomic E-state index is 12.4. The molecule has 0 aliphatic carbocycles. The summed E-state index contributed by atoms with van der Waals surface area (Å²) in [6, 6.07) is 4.42. The highest BCUT2D eigenvalue weighted by molar-refractivity contribution is 6.37. The number of ketones is 1. The van der Waals surface area contributed by atoms with Crippen LogP contribution < -0.4 is 5.32 Å². The Morgan fingerprint density at radius 3 is 2.79 bits per heavy atom. The second kappa shape index (κ2) is 5.90. The summed E-state index contributed by atoms with van der Waals surface area (Å²) in [7, 11) is 0. The van der Waals surface area contributed by atoms with E-state index in [9.17, 15) is 9.59 Å². The van der Waals surface area contributed by atoms with Gasteiger partial charge in [0.1, 0.15) is 0 Å². The fourth-order valence-electron chi connectivity index (χ4n) is 2.07. The van der Waals surface area contributed by atoms with Crippen LogP contribution in [-0.2, 0) is 4.79 Å². The van der Waals surface area contributed by atoms with Crippen molar-refractivity contribution in [1.82, 2.24) is 10.2 Å². The van der Waals surface area contributed by atoms with E-state index in [4.69, 9.17) is 23.2 Å². The number of carbonyl (C=O) groups is 2. The number of hydrogen-bond donors (Lipinski definition) is 1. The minimum Gasteiger partial charge on any atom is -0.354 e. The summed E-state index contributed by atoms with van der Waals surface area (Å²) in [5.74, 6) is -0.163. The Morgan fingerprint density at radius 1 is 1.42 bits per heavy atom. The first kappa shape index (κ1) is 14.3. The molecule has 1 aliphatic rings. The molecule has 1 aromatic carbocycles. The Kier molecular flexibility index (Phi) is 4.45. The zero-order valence-corrected chi connectivity index (χ0v) is 12.0. The number of nitrogens with one attached hydrogen (secondary N) is 1. The number of nitrogens with zero attached hydrogens (tertiary/aromatic N) is 1. The van der Waals surface area contributed by atoms with Crippen LogP contribution in [0.4, 0.5) is 0 Å². The van der Waals surface area contributed by atoms with Crippen molar-refractivity contribution < 1.29 is 9.59 Å². The van der Waals surface area contributed by atoms with Gasteiger partial charge in [0.05, 0.1) is 17.6 Å². The molecule has 0 spiro atoms. The third-order valence-electron chi connectivity index (χ3n) is 3.19. The Bertz CT molecular complexity index is 519. The first-order valence-corrected chi connectivity index (χ1v) is 6.74. The number of carbonyl (C=O) groups excluding carboxylic acids is 2. The largest absolute Gasteiger partial charge is 0.354 e. The SMILES string of the molecule is CC(C(=O)c1ccc(Cl)cc1Cl)N1CCNC(=O)C1. The quantitative estimate of drug-likeness (QED) is 0.869. The maximum Gasteiger partial charge on any atom is 0.234 e. The number of rotatable bonds is 3. The molecule has 1 aliphatic heterocycles. The molecule has 0 bridgehead atoms. The van der Waals surface area contributed by atoms with E-state index in [0.29, 0.717) is 28.7 Å². The number of hydrogen-bond acceptors (Lipinski definition) is 3. The normalized spacial score (nSPS) is 17.9. The predicted molar refractivity (Wildman–Crippen MR) is 74.8 cm³/mol. The summed E-state index contributed by atoms with van der Waals surface area (Å²) in [5, 5.41) is 3.56. The van der Waals surface area contributed by atoms with Crippen molar-refractivity contribution in [3.05, 3.63) is 33.8 Å². The van der Waals surface area contributed by atoms with Gasteiger partial charge in [0.15, 0.2) is 5.78 Å². The molecular formula is C13H14Cl2N2O2. The topological polar surface area (TPSA) is 49.4 Å². The highest BCUT2D eigenvalue weighted by Gasteiger charge is 2.27. The van der Waals surface area contributed by atoms with Crippen LogP contribution in [0.15, 0.2) is 18.2 Å². The van der Waals surface area contributed by atoms with Gasteiger partial charge in [-0.1, -0.05) is 23.2 Å². The number of amides is 1. The molecule has 1 saturated heterocycles. The molecule has 6 heteroatoms. The zero-order chi connectivity index (χ0) is 14.0. The fraction of sp³-hybridized carbons (Fsp3) is 0.385. The molecule has 4 nitrogen and oxygen atoms in total. The second-order valence-electron chi connectivity index (χ2n) is 4.48. The number of piperazine rings is 1. The number of halogens is 2. The van der Waals surface area contributed by atoms with Crippen molar-refractivity contribution >= 4 is 34.9 Å². The molecule has 1 fully saturated rings. The van der Waals surface area contributed by atoms with E-state index >= 15 is 0 Å². The molecule has 1 atom stereocenters. The molecule has 1 N–H and O–H groups in total. The Hall–Kier alpha value is -1.10. The van der Waals surface area contributed by atoms with Gasteiger partial charge in [-0.25, -0.2) is 0 Å². The van der Waals surface area contributed by atoms with Gasteiger partial charge < -0.3 is 5.32 Å². The molecule has 19 heavy (non-hydrogen) atoms. The molecule has 0 aromatic heterocycles. The summed E-state index contributed by atoms with van der Waals surface area (Å²) >= 11 is 11.8. The molecule has 1 amide bonds. The summed E-state index contributed by atoms with van der Waals surface area (Å²) in [4.78, 5) is 25.6. The van der Waals surface area contributed by atoms with Crippen molar-refractivity contribution in [1.29, 1.82) is 0 Å². The van der Waals surface area contributed by atoms with Crippen LogP contribution in [0.25, 0.3) is 0 Å².